The topological polar surface area (TPSA) is 93.7 Å². The second-order valence-corrected chi connectivity index (χ2v) is 8.85. The molecule has 0 saturated carbocycles. The lowest BCUT2D eigenvalue weighted by Gasteiger charge is -2.10. The number of esters is 1. The van der Waals surface area contributed by atoms with Crippen LogP contribution in [-0.4, -0.2) is 24.4 Å². The van der Waals surface area contributed by atoms with Crippen molar-refractivity contribution in [1.82, 2.24) is 0 Å². The van der Waals surface area contributed by atoms with Crippen molar-refractivity contribution in [1.29, 1.82) is 0 Å². The molecule has 0 fully saturated rings. The molecule has 188 valence electrons. The molecule has 0 aromatic heterocycles. The fourth-order valence-corrected chi connectivity index (χ4v) is 3.40. The number of hydrogen-bond acceptors (Lipinski definition) is 5. The van der Waals surface area contributed by atoms with Crippen LogP contribution >= 0.6 is 11.6 Å². The van der Waals surface area contributed by atoms with Gasteiger partial charge in [-0.25, -0.2) is 0 Å². The van der Waals surface area contributed by atoms with Crippen LogP contribution in [0.15, 0.2) is 60.7 Å². The minimum absolute atomic E-state index is 0.0276. The third kappa shape index (κ3) is 8.43. The predicted octanol–water partition coefficient (Wildman–Crippen LogP) is 6.35. The van der Waals surface area contributed by atoms with E-state index >= 15 is 0 Å². The van der Waals surface area contributed by atoms with Gasteiger partial charge in [-0.15, -0.1) is 0 Å². The zero-order valence-corrected chi connectivity index (χ0v) is 21.3. The van der Waals surface area contributed by atoms with Crippen molar-refractivity contribution in [3.8, 4) is 11.5 Å². The average Bonchev–Trinajstić information content (AvgIpc) is 2.84. The summed E-state index contributed by atoms with van der Waals surface area (Å²) in [6, 6.07) is 18.1. The number of aryl methyl sites for hydroxylation is 3. The van der Waals surface area contributed by atoms with Crippen LogP contribution in [0.1, 0.15) is 36.0 Å². The largest absolute Gasteiger partial charge is 0.457 e. The van der Waals surface area contributed by atoms with Crippen molar-refractivity contribution in [3.05, 3.63) is 82.4 Å². The quantitative estimate of drug-likeness (QED) is 0.311. The zero-order chi connectivity index (χ0) is 26.1. The summed E-state index contributed by atoms with van der Waals surface area (Å²) in [5.41, 5.74) is 4.39. The van der Waals surface area contributed by atoms with E-state index in [0.29, 0.717) is 28.6 Å². The van der Waals surface area contributed by atoms with Gasteiger partial charge < -0.3 is 20.1 Å². The molecule has 3 rings (SSSR count). The lowest BCUT2D eigenvalue weighted by Crippen LogP contribution is -2.21. The Kier molecular flexibility index (Phi) is 9.47. The van der Waals surface area contributed by atoms with Crippen molar-refractivity contribution in [2.24, 2.45) is 0 Å². The van der Waals surface area contributed by atoms with Crippen LogP contribution in [0.2, 0.25) is 5.02 Å². The first-order valence-electron chi connectivity index (χ1n) is 11.6. The maximum absolute atomic E-state index is 12.2. The maximum atomic E-state index is 12.2. The number of ether oxygens (including phenoxy) is 2. The van der Waals surface area contributed by atoms with Gasteiger partial charge in [0, 0.05) is 29.2 Å². The molecule has 7 nitrogen and oxygen atoms in total. The SMILES string of the molecule is Cc1ccc(Oc2ccc(NC(=O)CCCC(=O)OCC(=O)Nc3ccc(C)c(Cl)c3)cc2)cc1C. The number of halogens is 1. The van der Waals surface area contributed by atoms with Gasteiger partial charge in [-0.1, -0.05) is 23.7 Å². The smallest absolute Gasteiger partial charge is 0.306 e. The molecular formula is C28H29ClN2O5. The molecule has 0 bridgehead atoms. The number of hydrogen-bond donors (Lipinski definition) is 2. The highest BCUT2D eigenvalue weighted by Gasteiger charge is 2.10. The van der Waals surface area contributed by atoms with Crippen molar-refractivity contribution in [2.45, 2.75) is 40.0 Å². The first-order chi connectivity index (χ1) is 17.2. The molecule has 0 aliphatic rings. The summed E-state index contributed by atoms with van der Waals surface area (Å²) in [5.74, 6) is 0.172. The first-order valence-corrected chi connectivity index (χ1v) is 11.9. The minimum Gasteiger partial charge on any atom is -0.457 e. The van der Waals surface area contributed by atoms with Gasteiger partial charge in [-0.2, -0.15) is 0 Å². The summed E-state index contributed by atoms with van der Waals surface area (Å²) in [5, 5.41) is 5.94. The Bertz CT molecular complexity index is 1240. The summed E-state index contributed by atoms with van der Waals surface area (Å²) < 4.78 is 10.8. The Hall–Kier alpha value is -3.84. The predicted molar refractivity (Wildman–Crippen MR) is 141 cm³/mol. The highest BCUT2D eigenvalue weighted by Crippen LogP contribution is 2.25. The molecule has 0 atom stereocenters. The summed E-state index contributed by atoms with van der Waals surface area (Å²) in [7, 11) is 0. The average molecular weight is 509 g/mol. The van der Waals surface area contributed by atoms with E-state index in [2.05, 4.69) is 10.6 Å². The van der Waals surface area contributed by atoms with E-state index < -0.39 is 18.5 Å². The van der Waals surface area contributed by atoms with Crippen LogP contribution in [0.4, 0.5) is 11.4 Å². The summed E-state index contributed by atoms with van der Waals surface area (Å²) in [4.78, 5) is 36.0. The number of carbonyl (C=O) groups excluding carboxylic acids is 3. The fraction of sp³-hybridized carbons (Fsp3) is 0.250. The molecule has 0 unspecified atom stereocenters. The second kappa shape index (κ2) is 12.7. The normalized spacial score (nSPS) is 10.4. The minimum atomic E-state index is -0.548. The molecule has 8 heteroatoms. The molecule has 0 heterocycles. The highest BCUT2D eigenvalue weighted by molar-refractivity contribution is 6.31. The maximum Gasteiger partial charge on any atom is 0.306 e. The lowest BCUT2D eigenvalue weighted by atomic mass is 10.1. The van der Waals surface area contributed by atoms with E-state index in [9.17, 15) is 14.4 Å². The van der Waals surface area contributed by atoms with E-state index in [-0.39, 0.29) is 18.7 Å². The van der Waals surface area contributed by atoms with Crippen LogP contribution in [-0.2, 0) is 19.1 Å². The molecule has 0 aliphatic heterocycles. The molecule has 0 spiro atoms. The Morgan fingerprint density at radius 2 is 1.36 bits per heavy atom. The zero-order valence-electron chi connectivity index (χ0n) is 20.5. The summed E-state index contributed by atoms with van der Waals surface area (Å²) in [6.07, 6.45) is 0.470. The van der Waals surface area contributed by atoms with Gasteiger partial charge in [0.15, 0.2) is 6.61 Å². The molecule has 3 aromatic rings. The van der Waals surface area contributed by atoms with Gasteiger partial charge in [0.1, 0.15) is 11.5 Å². The number of benzene rings is 3. The number of anilines is 2. The van der Waals surface area contributed by atoms with E-state index in [1.54, 1.807) is 42.5 Å². The van der Waals surface area contributed by atoms with Crippen LogP contribution in [0.25, 0.3) is 0 Å². The number of carbonyl (C=O) groups is 3. The van der Waals surface area contributed by atoms with Crippen molar-refractivity contribution in [3.63, 3.8) is 0 Å². The molecule has 0 radical (unpaired) electrons. The number of rotatable bonds is 10. The molecule has 2 N–H and O–H groups in total. The first kappa shape index (κ1) is 26.8. The Labute approximate surface area is 215 Å². The molecule has 0 saturated heterocycles. The van der Waals surface area contributed by atoms with Crippen molar-refractivity contribution >= 4 is 40.8 Å². The molecule has 2 amide bonds. The van der Waals surface area contributed by atoms with Gasteiger partial charge in [0.05, 0.1) is 0 Å². The number of nitrogens with one attached hydrogen (secondary N) is 2. The van der Waals surface area contributed by atoms with E-state index in [1.165, 1.54) is 5.56 Å². The summed E-state index contributed by atoms with van der Waals surface area (Å²) >= 11 is 6.03. The molecule has 3 aromatic carbocycles. The Morgan fingerprint density at radius 3 is 2.06 bits per heavy atom. The van der Waals surface area contributed by atoms with Crippen LogP contribution < -0.4 is 15.4 Å². The molecular weight excluding hydrogens is 480 g/mol. The van der Waals surface area contributed by atoms with Crippen LogP contribution in [0.5, 0.6) is 11.5 Å². The third-order valence-electron chi connectivity index (χ3n) is 5.46. The van der Waals surface area contributed by atoms with E-state index in [4.69, 9.17) is 21.1 Å². The van der Waals surface area contributed by atoms with Gasteiger partial charge in [0.25, 0.3) is 5.91 Å². The Morgan fingerprint density at radius 1 is 0.722 bits per heavy atom. The van der Waals surface area contributed by atoms with Crippen molar-refractivity contribution < 1.29 is 23.9 Å². The Balaban J connectivity index is 1.34. The van der Waals surface area contributed by atoms with Crippen molar-refractivity contribution in [2.75, 3.05) is 17.2 Å². The molecule has 0 aliphatic carbocycles. The van der Waals surface area contributed by atoms with Gasteiger partial charge in [0.2, 0.25) is 5.91 Å². The van der Waals surface area contributed by atoms with E-state index in [0.717, 1.165) is 16.9 Å². The van der Waals surface area contributed by atoms with Crippen LogP contribution in [0.3, 0.4) is 0 Å². The highest BCUT2D eigenvalue weighted by atomic mass is 35.5. The monoisotopic (exact) mass is 508 g/mol. The third-order valence-corrected chi connectivity index (χ3v) is 5.86. The fourth-order valence-electron chi connectivity index (χ4n) is 3.22. The number of amides is 2. The van der Waals surface area contributed by atoms with Gasteiger partial charge >= 0.3 is 5.97 Å². The second-order valence-electron chi connectivity index (χ2n) is 8.45. The standard InChI is InChI=1S/C28H29ClN2O5/c1-18-8-12-24(15-20(18)3)36-23-13-10-21(11-14-23)30-26(32)5-4-6-28(34)35-17-27(33)31-22-9-7-19(2)25(29)16-22/h7-16H,4-6,17H2,1-3H3,(H,30,32)(H,31,33). The molecule has 36 heavy (non-hydrogen) atoms. The van der Waals surface area contributed by atoms with Crippen LogP contribution in [0, 0.1) is 20.8 Å². The van der Waals surface area contributed by atoms with Gasteiger partial charge in [-0.05, 0) is 92.4 Å². The summed E-state index contributed by atoms with van der Waals surface area (Å²) in [6.45, 7) is 5.52. The lowest BCUT2D eigenvalue weighted by molar-refractivity contribution is -0.147. The van der Waals surface area contributed by atoms with Gasteiger partial charge in [-0.3, -0.25) is 14.4 Å². The van der Waals surface area contributed by atoms with E-state index in [1.807, 2.05) is 39.0 Å².